The van der Waals surface area contributed by atoms with Gasteiger partial charge in [0, 0.05) is 38.7 Å². The molecule has 2 atom stereocenters. The van der Waals surface area contributed by atoms with E-state index in [9.17, 15) is 5.11 Å². The smallest absolute Gasteiger partial charge is 0.158 e. The van der Waals surface area contributed by atoms with Gasteiger partial charge < -0.3 is 20.1 Å². The second-order valence-corrected chi connectivity index (χ2v) is 5.62. The Balaban J connectivity index is 2.15. The van der Waals surface area contributed by atoms with E-state index in [0.29, 0.717) is 18.3 Å². The van der Waals surface area contributed by atoms with Crippen molar-refractivity contribution < 1.29 is 9.84 Å². The van der Waals surface area contributed by atoms with Gasteiger partial charge in [-0.15, -0.1) is 0 Å². The first-order valence-electron chi connectivity index (χ1n) is 7.67. The Morgan fingerprint density at radius 3 is 2.95 bits per heavy atom. The van der Waals surface area contributed by atoms with Crippen LogP contribution in [0.5, 0.6) is 0 Å². The average Bonchev–Trinajstić information content (AvgIpc) is 2.95. The first kappa shape index (κ1) is 16.0. The van der Waals surface area contributed by atoms with Crippen LogP contribution in [0.1, 0.15) is 32.5 Å². The van der Waals surface area contributed by atoms with E-state index in [1.807, 2.05) is 13.0 Å². The highest BCUT2D eigenvalue weighted by Gasteiger charge is 2.27. The van der Waals surface area contributed by atoms with Crippen LogP contribution in [0.25, 0.3) is 0 Å². The highest BCUT2D eigenvalue weighted by Crippen LogP contribution is 2.26. The number of nitrogens with zero attached hydrogens (tertiary/aromatic N) is 3. The Kier molecular flexibility index (Phi) is 5.76. The summed E-state index contributed by atoms with van der Waals surface area (Å²) >= 11 is 0. The minimum Gasteiger partial charge on any atom is -0.393 e. The molecule has 1 aromatic heterocycles. The van der Waals surface area contributed by atoms with Gasteiger partial charge >= 0.3 is 0 Å². The van der Waals surface area contributed by atoms with Crippen LogP contribution in [0.3, 0.4) is 0 Å². The van der Waals surface area contributed by atoms with E-state index in [-0.39, 0.29) is 6.10 Å². The minimum absolute atomic E-state index is 0.270. The average molecular weight is 294 g/mol. The molecular weight excluding hydrogens is 268 g/mol. The standard InChI is InChI=1S/C15H26N4O2/c1-4-6-16-13-8-15(18-14(17-13)10-21-3)19-7-5-12(9-19)11(2)20/h8,11-12,20H,4-7,9-10H2,1-3H3,(H,16,17,18). The maximum absolute atomic E-state index is 9.73. The third-order valence-electron chi connectivity index (χ3n) is 3.82. The van der Waals surface area contributed by atoms with E-state index in [1.54, 1.807) is 7.11 Å². The summed E-state index contributed by atoms with van der Waals surface area (Å²) in [5.41, 5.74) is 0. The van der Waals surface area contributed by atoms with Gasteiger partial charge in [0.1, 0.15) is 18.2 Å². The molecule has 0 amide bonds. The number of hydrogen-bond acceptors (Lipinski definition) is 6. The number of hydrogen-bond donors (Lipinski definition) is 2. The number of aliphatic hydroxyl groups excluding tert-OH is 1. The molecule has 118 valence electrons. The maximum Gasteiger partial charge on any atom is 0.158 e. The van der Waals surface area contributed by atoms with Crippen LogP contribution >= 0.6 is 0 Å². The first-order valence-corrected chi connectivity index (χ1v) is 7.67. The highest BCUT2D eigenvalue weighted by atomic mass is 16.5. The zero-order valence-corrected chi connectivity index (χ0v) is 13.2. The van der Waals surface area contributed by atoms with Crippen molar-refractivity contribution in [3.8, 4) is 0 Å². The number of nitrogens with one attached hydrogen (secondary N) is 1. The molecule has 1 aliphatic rings. The molecule has 0 spiro atoms. The van der Waals surface area contributed by atoms with Gasteiger partial charge in [-0.1, -0.05) is 6.92 Å². The van der Waals surface area contributed by atoms with Crippen molar-refractivity contribution in [3.63, 3.8) is 0 Å². The largest absolute Gasteiger partial charge is 0.393 e. The molecule has 6 heteroatoms. The fraction of sp³-hybridized carbons (Fsp3) is 0.733. The number of rotatable bonds is 7. The summed E-state index contributed by atoms with van der Waals surface area (Å²) in [5.74, 6) is 2.76. The van der Waals surface area contributed by atoms with Gasteiger partial charge in [0.05, 0.1) is 6.10 Å². The summed E-state index contributed by atoms with van der Waals surface area (Å²) in [6, 6.07) is 1.99. The summed E-state index contributed by atoms with van der Waals surface area (Å²) in [6.07, 6.45) is 1.78. The molecule has 1 aromatic rings. The molecule has 2 unspecified atom stereocenters. The summed E-state index contributed by atoms with van der Waals surface area (Å²) in [6.45, 7) is 7.04. The van der Waals surface area contributed by atoms with Gasteiger partial charge in [0.15, 0.2) is 5.82 Å². The molecule has 2 rings (SSSR count). The topological polar surface area (TPSA) is 70.5 Å². The van der Waals surface area contributed by atoms with Crippen molar-refractivity contribution in [1.29, 1.82) is 0 Å². The second kappa shape index (κ2) is 7.56. The molecule has 0 aromatic carbocycles. The molecular formula is C15H26N4O2. The Morgan fingerprint density at radius 2 is 2.33 bits per heavy atom. The van der Waals surface area contributed by atoms with Gasteiger partial charge in [-0.2, -0.15) is 0 Å². The van der Waals surface area contributed by atoms with Crippen molar-refractivity contribution in [2.75, 3.05) is 37.0 Å². The fourth-order valence-corrected chi connectivity index (χ4v) is 2.57. The molecule has 1 aliphatic heterocycles. The molecule has 1 saturated heterocycles. The summed E-state index contributed by atoms with van der Waals surface area (Å²) in [7, 11) is 1.65. The van der Waals surface area contributed by atoms with Crippen LogP contribution < -0.4 is 10.2 Å². The zero-order valence-electron chi connectivity index (χ0n) is 13.2. The van der Waals surface area contributed by atoms with Crippen LogP contribution in [0, 0.1) is 5.92 Å². The van der Waals surface area contributed by atoms with Crippen LogP contribution in [-0.4, -0.2) is 47.9 Å². The monoisotopic (exact) mass is 294 g/mol. The Hall–Kier alpha value is -1.40. The SMILES string of the molecule is CCCNc1cc(N2CCC(C(C)O)C2)nc(COC)n1. The lowest BCUT2D eigenvalue weighted by Crippen LogP contribution is -2.25. The van der Waals surface area contributed by atoms with Crippen molar-refractivity contribution in [2.45, 2.75) is 39.4 Å². The van der Waals surface area contributed by atoms with Gasteiger partial charge in [-0.05, 0) is 19.8 Å². The second-order valence-electron chi connectivity index (χ2n) is 5.62. The fourth-order valence-electron chi connectivity index (χ4n) is 2.57. The Morgan fingerprint density at radius 1 is 1.52 bits per heavy atom. The number of anilines is 2. The molecule has 6 nitrogen and oxygen atoms in total. The minimum atomic E-state index is -0.270. The quantitative estimate of drug-likeness (QED) is 0.797. The summed E-state index contributed by atoms with van der Waals surface area (Å²) < 4.78 is 5.15. The number of methoxy groups -OCH3 is 1. The molecule has 0 saturated carbocycles. The molecule has 1 fully saturated rings. The van der Waals surface area contributed by atoms with Crippen LogP contribution in [-0.2, 0) is 11.3 Å². The van der Waals surface area contributed by atoms with E-state index < -0.39 is 0 Å². The van der Waals surface area contributed by atoms with E-state index in [4.69, 9.17) is 4.74 Å². The predicted molar refractivity (Wildman–Crippen MR) is 83.5 cm³/mol. The Labute approximate surface area is 126 Å². The molecule has 2 heterocycles. The van der Waals surface area contributed by atoms with Crippen molar-refractivity contribution >= 4 is 11.6 Å². The number of aliphatic hydroxyl groups is 1. The number of aromatic nitrogens is 2. The summed E-state index contributed by atoms with van der Waals surface area (Å²) in [5, 5.41) is 13.0. The lowest BCUT2D eigenvalue weighted by Gasteiger charge is -2.20. The van der Waals surface area contributed by atoms with Gasteiger partial charge in [-0.3, -0.25) is 0 Å². The van der Waals surface area contributed by atoms with E-state index in [2.05, 4.69) is 27.1 Å². The lowest BCUT2D eigenvalue weighted by atomic mass is 10.0. The van der Waals surface area contributed by atoms with E-state index >= 15 is 0 Å². The zero-order chi connectivity index (χ0) is 15.2. The lowest BCUT2D eigenvalue weighted by molar-refractivity contribution is 0.136. The molecule has 21 heavy (non-hydrogen) atoms. The van der Waals surface area contributed by atoms with Gasteiger partial charge in [0.25, 0.3) is 0 Å². The molecule has 0 bridgehead atoms. The molecule has 2 N–H and O–H groups in total. The van der Waals surface area contributed by atoms with Crippen molar-refractivity contribution in [2.24, 2.45) is 5.92 Å². The predicted octanol–water partition coefficient (Wildman–Crippen LogP) is 1.65. The van der Waals surface area contributed by atoms with E-state index in [0.717, 1.165) is 44.1 Å². The van der Waals surface area contributed by atoms with Crippen LogP contribution in [0.15, 0.2) is 6.07 Å². The number of ether oxygens (including phenoxy) is 1. The van der Waals surface area contributed by atoms with Crippen molar-refractivity contribution in [3.05, 3.63) is 11.9 Å². The third kappa shape index (κ3) is 4.28. The Bertz CT molecular complexity index is 453. The molecule has 0 aliphatic carbocycles. The van der Waals surface area contributed by atoms with Crippen LogP contribution in [0.4, 0.5) is 11.6 Å². The van der Waals surface area contributed by atoms with E-state index in [1.165, 1.54) is 0 Å². The van der Waals surface area contributed by atoms with Gasteiger partial charge in [0.2, 0.25) is 0 Å². The third-order valence-corrected chi connectivity index (χ3v) is 3.82. The van der Waals surface area contributed by atoms with Gasteiger partial charge in [-0.25, -0.2) is 9.97 Å². The van der Waals surface area contributed by atoms with Crippen molar-refractivity contribution in [1.82, 2.24) is 9.97 Å². The normalized spacial score (nSPS) is 19.8. The first-order chi connectivity index (χ1) is 10.1. The maximum atomic E-state index is 9.73. The summed E-state index contributed by atoms with van der Waals surface area (Å²) in [4.78, 5) is 11.3. The molecule has 0 radical (unpaired) electrons. The highest BCUT2D eigenvalue weighted by molar-refractivity contribution is 5.50. The van der Waals surface area contributed by atoms with Crippen LogP contribution in [0.2, 0.25) is 0 Å².